The van der Waals surface area contributed by atoms with Gasteiger partial charge in [0.2, 0.25) is 5.91 Å². The van der Waals surface area contributed by atoms with Crippen molar-refractivity contribution >= 4 is 11.8 Å². The number of nitrogens with one attached hydrogen (secondary N) is 2. The highest BCUT2D eigenvalue weighted by Crippen LogP contribution is 2.12. The van der Waals surface area contributed by atoms with Crippen molar-refractivity contribution in [2.75, 3.05) is 26.7 Å². The first-order chi connectivity index (χ1) is 9.58. The van der Waals surface area contributed by atoms with Crippen LogP contribution in [-0.4, -0.2) is 49.4 Å². The Kier molecular flexibility index (Phi) is 4.79. The zero-order chi connectivity index (χ0) is 14.5. The number of carbonyl (C=O) groups is 2. The molecule has 0 radical (unpaired) electrons. The largest absolute Gasteiger partial charge is 0.456 e. The smallest absolute Gasteiger partial charge is 0.287 e. The van der Waals surface area contributed by atoms with E-state index in [0.29, 0.717) is 12.3 Å². The van der Waals surface area contributed by atoms with Gasteiger partial charge in [0.1, 0.15) is 5.76 Å². The van der Waals surface area contributed by atoms with E-state index in [2.05, 4.69) is 15.5 Å². The third-order valence-electron chi connectivity index (χ3n) is 3.53. The maximum absolute atomic E-state index is 11.9. The number of hydrogen-bond donors (Lipinski definition) is 2. The molecule has 0 aliphatic carbocycles. The number of piperidine rings is 1. The minimum absolute atomic E-state index is 0.0264. The van der Waals surface area contributed by atoms with Crippen molar-refractivity contribution in [3.8, 4) is 0 Å². The normalized spacial score (nSPS) is 16.9. The molecule has 0 aromatic carbocycles. The highest BCUT2D eigenvalue weighted by Gasteiger charge is 2.23. The lowest BCUT2D eigenvalue weighted by Gasteiger charge is -2.31. The van der Waals surface area contributed by atoms with E-state index in [1.807, 2.05) is 6.92 Å². The van der Waals surface area contributed by atoms with Crippen LogP contribution >= 0.6 is 0 Å². The van der Waals surface area contributed by atoms with Crippen molar-refractivity contribution < 1.29 is 14.0 Å². The maximum Gasteiger partial charge on any atom is 0.287 e. The van der Waals surface area contributed by atoms with Crippen LogP contribution in [0.25, 0.3) is 0 Å². The van der Waals surface area contributed by atoms with Crippen LogP contribution in [0.1, 0.15) is 29.2 Å². The molecule has 0 atom stereocenters. The van der Waals surface area contributed by atoms with E-state index in [-0.39, 0.29) is 17.9 Å². The zero-order valence-corrected chi connectivity index (χ0v) is 11.9. The van der Waals surface area contributed by atoms with Gasteiger partial charge in [-0.15, -0.1) is 0 Å². The molecule has 1 aromatic heterocycles. The number of carbonyl (C=O) groups excluding carboxylic acids is 2. The lowest BCUT2D eigenvalue weighted by atomic mass is 10.0. The third kappa shape index (κ3) is 3.84. The second-order valence-electron chi connectivity index (χ2n) is 5.11. The van der Waals surface area contributed by atoms with Gasteiger partial charge < -0.3 is 15.1 Å². The number of likely N-dealkylation sites (tertiary alicyclic amines) is 1. The number of aryl methyl sites for hydroxylation is 1. The first-order valence-electron chi connectivity index (χ1n) is 6.88. The zero-order valence-electron chi connectivity index (χ0n) is 11.9. The summed E-state index contributed by atoms with van der Waals surface area (Å²) in [7, 11) is 1.64. The Hall–Kier alpha value is -1.82. The number of hydrogen-bond acceptors (Lipinski definition) is 4. The van der Waals surface area contributed by atoms with Crippen molar-refractivity contribution in [2.24, 2.45) is 0 Å². The summed E-state index contributed by atoms with van der Waals surface area (Å²) in [6, 6.07) is 3.61. The van der Waals surface area contributed by atoms with E-state index in [1.54, 1.807) is 19.2 Å². The van der Waals surface area contributed by atoms with Crippen LogP contribution in [0.4, 0.5) is 0 Å². The summed E-state index contributed by atoms with van der Waals surface area (Å²) < 4.78 is 5.30. The van der Waals surface area contributed by atoms with Gasteiger partial charge in [-0.2, -0.15) is 0 Å². The van der Waals surface area contributed by atoms with Gasteiger partial charge in [-0.05, 0) is 31.9 Å². The second kappa shape index (κ2) is 6.56. The SMILES string of the molecule is CNC(=O)CN1CCC(NC(=O)c2ccc(C)o2)CC1. The summed E-state index contributed by atoms with van der Waals surface area (Å²) in [4.78, 5) is 25.3. The molecule has 1 aliphatic heterocycles. The van der Waals surface area contributed by atoms with E-state index in [0.717, 1.165) is 31.7 Å². The molecule has 6 nitrogen and oxygen atoms in total. The Morgan fingerprint density at radius 2 is 2.05 bits per heavy atom. The van der Waals surface area contributed by atoms with Gasteiger partial charge in [0.05, 0.1) is 6.54 Å². The van der Waals surface area contributed by atoms with E-state index in [1.165, 1.54) is 0 Å². The molecule has 1 saturated heterocycles. The quantitative estimate of drug-likeness (QED) is 0.843. The Morgan fingerprint density at radius 3 is 2.60 bits per heavy atom. The Balaban J connectivity index is 1.77. The molecule has 0 saturated carbocycles. The van der Waals surface area contributed by atoms with Gasteiger partial charge >= 0.3 is 0 Å². The predicted molar refractivity (Wildman–Crippen MR) is 74.4 cm³/mol. The maximum atomic E-state index is 11.9. The molecule has 6 heteroatoms. The molecule has 0 spiro atoms. The first-order valence-corrected chi connectivity index (χ1v) is 6.88. The van der Waals surface area contributed by atoms with Crippen molar-refractivity contribution in [3.63, 3.8) is 0 Å². The molecule has 0 unspecified atom stereocenters. The minimum atomic E-state index is -0.164. The summed E-state index contributed by atoms with van der Waals surface area (Å²) in [5, 5.41) is 5.59. The van der Waals surface area contributed by atoms with Crippen molar-refractivity contribution in [1.29, 1.82) is 0 Å². The topological polar surface area (TPSA) is 74.6 Å². The second-order valence-corrected chi connectivity index (χ2v) is 5.11. The Bertz CT molecular complexity index is 476. The minimum Gasteiger partial charge on any atom is -0.456 e. The Morgan fingerprint density at radius 1 is 1.35 bits per heavy atom. The Labute approximate surface area is 118 Å². The van der Waals surface area contributed by atoms with Gasteiger partial charge in [-0.1, -0.05) is 0 Å². The van der Waals surface area contributed by atoms with Crippen LogP contribution in [0, 0.1) is 6.92 Å². The molecule has 1 aromatic rings. The van der Waals surface area contributed by atoms with Gasteiger partial charge in [0.15, 0.2) is 5.76 Å². The molecule has 20 heavy (non-hydrogen) atoms. The van der Waals surface area contributed by atoms with E-state index in [9.17, 15) is 9.59 Å². The summed E-state index contributed by atoms with van der Waals surface area (Å²) in [5.74, 6) is 0.951. The van der Waals surface area contributed by atoms with E-state index >= 15 is 0 Å². The van der Waals surface area contributed by atoms with Crippen LogP contribution in [0.5, 0.6) is 0 Å². The van der Waals surface area contributed by atoms with Gasteiger partial charge in [0, 0.05) is 26.2 Å². The molecule has 2 N–H and O–H groups in total. The average Bonchev–Trinajstić information content (AvgIpc) is 2.87. The molecule has 1 aliphatic rings. The average molecular weight is 279 g/mol. The van der Waals surface area contributed by atoms with E-state index in [4.69, 9.17) is 4.42 Å². The highest BCUT2D eigenvalue weighted by atomic mass is 16.3. The monoisotopic (exact) mass is 279 g/mol. The lowest BCUT2D eigenvalue weighted by Crippen LogP contribution is -2.47. The summed E-state index contributed by atoms with van der Waals surface area (Å²) in [5.41, 5.74) is 0. The lowest BCUT2D eigenvalue weighted by molar-refractivity contribution is -0.122. The van der Waals surface area contributed by atoms with Crippen LogP contribution in [0.2, 0.25) is 0 Å². The molecule has 0 bridgehead atoms. The number of furan rings is 1. The predicted octanol–water partition coefficient (Wildman–Crippen LogP) is 0.528. The molecule has 2 heterocycles. The van der Waals surface area contributed by atoms with Crippen LogP contribution in [0.15, 0.2) is 16.5 Å². The summed E-state index contributed by atoms with van der Waals surface area (Å²) in [6.07, 6.45) is 1.70. The van der Waals surface area contributed by atoms with Crippen molar-refractivity contribution in [3.05, 3.63) is 23.7 Å². The van der Waals surface area contributed by atoms with Crippen LogP contribution < -0.4 is 10.6 Å². The summed E-state index contributed by atoms with van der Waals surface area (Å²) >= 11 is 0. The standard InChI is InChI=1S/C14H21N3O3/c1-10-3-4-12(20-10)14(19)16-11-5-7-17(8-6-11)9-13(18)15-2/h3-4,11H,5-9H2,1-2H3,(H,15,18)(H,16,19). The van der Waals surface area contributed by atoms with Gasteiger partial charge in [-0.25, -0.2) is 0 Å². The molecule has 1 fully saturated rings. The van der Waals surface area contributed by atoms with Crippen molar-refractivity contribution in [2.45, 2.75) is 25.8 Å². The third-order valence-corrected chi connectivity index (χ3v) is 3.53. The number of likely N-dealkylation sites (N-methyl/N-ethyl adjacent to an activating group) is 1. The molecule has 2 amide bonds. The van der Waals surface area contributed by atoms with Crippen LogP contribution in [-0.2, 0) is 4.79 Å². The first kappa shape index (κ1) is 14.6. The van der Waals surface area contributed by atoms with Crippen LogP contribution in [0.3, 0.4) is 0 Å². The molecule has 2 rings (SSSR count). The number of amides is 2. The number of nitrogens with zero attached hydrogens (tertiary/aromatic N) is 1. The fraction of sp³-hybridized carbons (Fsp3) is 0.571. The fourth-order valence-corrected chi connectivity index (χ4v) is 2.33. The fourth-order valence-electron chi connectivity index (χ4n) is 2.33. The molecule has 110 valence electrons. The molecular formula is C14H21N3O3. The van der Waals surface area contributed by atoms with Gasteiger partial charge in [-0.3, -0.25) is 14.5 Å². The van der Waals surface area contributed by atoms with E-state index < -0.39 is 0 Å². The number of rotatable bonds is 4. The summed E-state index contributed by atoms with van der Waals surface area (Å²) in [6.45, 7) is 3.87. The van der Waals surface area contributed by atoms with Crippen molar-refractivity contribution in [1.82, 2.24) is 15.5 Å². The highest BCUT2D eigenvalue weighted by molar-refractivity contribution is 5.91. The molecular weight excluding hydrogens is 258 g/mol. The van der Waals surface area contributed by atoms with Gasteiger partial charge in [0.25, 0.3) is 5.91 Å².